The maximum atomic E-state index is 12.8. The van der Waals surface area contributed by atoms with E-state index in [0.29, 0.717) is 19.9 Å². The van der Waals surface area contributed by atoms with Gasteiger partial charge in [0.05, 0.1) is 16.2 Å². The Bertz CT molecular complexity index is 922. The van der Waals surface area contributed by atoms with Crippen molar-refractivity contribution in [2.45, 2.75) is 6.92 Å². The molecule has 25 heavy (non-hydrogen) atoms. The van der Waals surface area contributed by atoms with Crippen LogP contribution >= 0.6 is 35.6 Å². The van der Waals surface area contributed by atoms with E-state index < -0.39 is 5.97 Å². The maximum absolute atomic E-state index is 12.8. The number of rotatable bonds is 3. The minimum atomic E-state index is -1.05. The van der Waals surface area contributed by atoms with Crippen molar-refractivity contribution in [3.63, 3.8) is 0 Å². The normalized spacial score (nSPS) is 15.9. The molecule has 1 saturated heterocycles. The molecule has 0 unspecified atom stereocenters. The number of thiocarbonyl (C=S) groups is 1. The van der Waals surface area contributed by atoms with Gasteiger partial charge in [-0.1, -0.05) is 53.8 Å². The first-order valence-electron chi connectivity index (χ1n) is 7.24. The minimum absolute atomic E-state index is 0.108. The minimum Gasteiger partial charge on any atom is -0.478 e. The molecule has 0 atom stereocenters. The number of benzene rings is 2. The van der Waals surface area contributed by atoms with Crippen LogP contribution in [-0.2, 0) is 4.79 Å². The molecule has 1 aliphatic heterocycles. The predicted molar refractivity (Wildman–Crippen MR) is 105 cm³/mol. The van der Waals surface area contributed by atoms with Crippen LogP contribution in [0.25, 0.3) is 6.08 Å². The summed E-state index contributed by atoms with van der Waals surface area (Å²) < 4.78 is 0.371. The molecule has 0 radical (unpaired) electrons. The van der Waals surface area contributed by atoms with E-state index in [9.17, 15) is 14.7 Å². The van der Waals surface area contributed by atoms with Crippen LogP contribution in [0.3, 0.4) is 0 Å². The maximum Gasteiger partial charge on any atom is 0.335 e. The van der Waals surface area contributed by atoms with Crippen molar-refractivity contribution in [1.82, 2.24) is 0 Å². The summed E-state index contributed by atoms with van der Waals surface area (Å²) in [6, 6.07) is 11.7. The Morgan fingerprint density at radius 1 is 1.24 bits per heavy atom. The molecule has 0 aliphatic carbocycles. The molecule has 0 saturated carbocycles. The number of carboxylic acid groups (broad SMARTS) is 1. The van der Waals surface area contributed by atoms with Crippen molar-refractivity contribution >= 4 is 63.5 Å². The molecule has 1 aliphatic rings. The van der Waals surface area contributed by atoms with Crippen molar-refractivity contribution in [3.8, 4) is 0 Å². The zero-order valence-electron chi connectivity index (χ0n) is 13.0. The van der Waals surface area contributed by atoms with Gasteiger partial charge < -0.3 is 5.11 Å². The number of amides is 1. The number of thioether (sulfide) groups is 1. The summed E-state index contributed by atoms with van der Waals surface area (Å²) >= 11 is 12.4. The van der Waals surface area contributed by atoms with E-state index in [2.05, 4.69) is 0 Å². The molecule has 126 valence electrons. The highest BCUT2D eigenvalue weighted by molar-refractivity contribution is 8.27. The van der Waals surface area contributed by atoms with Crippen LogP contribution in [0, 0.1) is 6.92 Å². The molecule has 0 spiro atoms. The van der Waals surface area contributed by atoms with E-state index in [0.717, 1.165) is 11.1 Å². The van der Waals surface area contributed by atoms with Crippen LogP contribution in [0.1, 0.15) is 21.5 Å². The van der Waals surface area contributed by atoms with E-state index in [4.69, 9.17) is 23.8 Å². The predicted octanol–water partition coefficient (Wildman–Crippen LogP) is 4.75. The number of carbonyl (C=O) groups excluding carboxylic acids is 1. The van der Waals surface area contributed by atoms with Gasteiger partial charge in [-0.3, -0.25) is 9.69 Å². The van der Waals surface area contributed by atoms with Crippen LogP contribution in [0.15, 0.2) is 47.4 Å². The molecule has 3 rings (SSSR count). The molecule has 1 heterocycles. The third kappa shape index (κ3) is 3.61. The van der Waals surface area contributed by atoms with Gasteiger partial charge in [-0.2, -0.15) is 0 Å². The fraction of sp³-hybridized carbons (Fsp3) is 0.0556. The number of hydrogen-bond acceptors (Lipinski definition) is 4. The van der Waals surface area contributed by atoms with Gasteiger partial charge in [0, 0.05) is 5.02 Å². The summed E-state index contributed by atoms with van der Waals surface area (Å²) in [5.74, 6) is -1.32. The summed E-state index contributed by atoms with van der Waals surface area (Å²) in [5, 5.41) is 9.80. The zero-order chi connectivity index (χ0) is 18.1. The molecule has 4 nitrogen and oxygen atoms in total. The Kier molecular flexibility index (Phi) is 4.94. The fourth-order valence-electron chi connectivity index (χ4n) is 2.37. The number of carboxylic acids is 1. The van der Waals surface area contributed by atoms with E-state index in [-0.39, 0.29) is 11.5 Å². The number of aromatic carboxylic acids is 1. The molecular formula is C18H12ClNO3S2. The average Bonchev–Trinajstić information content (AvgIpc) is 2.84. The first kappa shape index (κ1) is 17.7. The van der Waals surface area contributed by atoms with Crippen molar-refractivity contribution < 1.29 is 14.7 Å². The molecular weight excluding hydrogens is 378 g/mol. The smallest absolute Gasteiger partial charge is 0.335 e. The molecule has 0 bridgehead atoms. The Hall–Kier alpha value is -2.15. The second-order valence-corrected chi connectivity index (χ2v) is 7.49. The topological polar surface area (TPSA) is 57.6 Å². The number of aryl methyl sites for hydroxylation is 1. The van der Waals surface area contributed by atoms with Crippen molar-refractivity contribution in [2.24, 2.45) is 0 Å². The van der Waals surface area contributed by atoms with Gasteiger partial charge in [0.15, 0.2) is 4.32 Å². The highest BCUT2D eigenvalue weighted by atomic mass is 35.5. The molecule has 1 N–H and O–H groups in total. The van der Waals surface area contributed by atoms with E-state index >= 15 is 0 Å². The van der Waals surface area contributed by atoms with Gasteiger partial charge in [0.2, 0.25) is 0 Å². The van der Waals surface area contributed by atoms with E-state index in [1.165, 1.54) is 28.8 Å². The summed E-state index contributed by atoms with van der Waals surface area (Å²) in [6.07, 6.45) is 1.74. The first-order valence-corrected chi connectivity index (χ1v) is 8.84. The lowest BCUT2D eigenvalue weighted by atomic mass is 10.1. The largest absolute Gasteiger partial charge is 0.478 e. The second-order valence-electron chi connectivity index (χ2n) is 5.38. The molecule has 2 aromatic carbocycles. The van der Waals surface area contributed by atoms with Crippen LogP contribution in [0.2, 0.25) is 5.02 Å². The summed E-state index contributed by atoms with van der Waals surface area (Å²) in [4.78, 5) is 25.9. The average molecular weight is 390 g/mol. The fourth-order valence-corrected chi connectivity index (χ4v) is 3.78. The Labute approximate surface area is 159 Å². The van der Waals surface area contributed by atoms with Gasteiger partial charge in [0.25, 0.3) is 5.91 Å². The summed E-state index contributed by atoms with van der Waals surface area (Å²) in [6.45, 7) is 1.81. The van der Waals surface area contributed by atoms with E-state index in [1.54, 1.807) is 24.3 Å². The summed E-state index contributed by atoms with van der Waals surface area (Å²) in [5.41, 5.74) is 2.20. The van der Waals surface area contributed by atoms with Gasteiger partial charge in [-0.05, 0) is 48.4 Å². The Morgan fingerprint density at radius 3 is 2.56 bits per heavy atom. The second kappa shape index (κ2) is 7.00. The standard InChI is InChI=1S/C18H12ClNO3S2/c1-10-2-5-12(17(22)23)9-14(10)20-16(21)15(25-18(20)24)8-11-3-6-13(19)7-4-11/h2-9H,1H3,(H,22,23). The molecule has 1 fully saturated rings. The Balaban J connectivity index is 1.98. The lowest BCUT2D eigenvalue weighted by Crippen LogP contribution is -2.28. The van der Waals surface area contributed by atoms with Crippen LogP contribution in [0.5, 0.6) is 0 Å². The lowest BCUT2D eigenvalue weighted by Gasteiger charge is -2.17. The number of carbonyl (C=O) groups is 2. The highest BCUT2D eigenvalue weighted by Crippen LogP contribution is 2.37. The number of halogens is 1. The van der Waals surface area contributed by atoms with Gasteiger partial charge >= 0.3 is 5.97 Å². The van der Waals surface area contributed by atoms with Crippen LogP contribution < -0.4 is 4.90 Å². The van der Waals surface area contributed by atoms with Crippen molar-refractivity contribution in [1.29, 1.82) is 0 Å². The quantitative estimate of drug-likeness (QED) is 0.606. The van der Waals surface area contributed by atoms with Crippen LogP contribution in [0.4, 0.5) is 5.69 Å². The van der Waals surface area contributed by atoms with Crippen molar-refractivity contribution in [2.75, 3.05) is 4.90 Å². The number of hydrogen-bond donors (Lipinski definition) is 1. The van der Waals surface area contributed by atoms with Gasteiger partial charge in [0.1, 0.15) is 0 Å². The highest BCUT2D eigenvalue weighted by Gasteiger charge is 2.34. The monoisotopic (exact) mass is 389 g/mol. The third-order valence-electron chi connectivity index (χ3n) is 3.66. The van der Waals surface area contributed by atoms with Crippen LogP contribution in [-0.4, -0.2) is 21.3 Å². The van der Waals surface area contributed by atoms with Gasteiger partial charge in [-0.25, -0.2) is 4.79 Å². The first-order chi connectivity index (χ1) is 11.9. The summed E-state index contributed by atoms with van der Waals surface area (Å²) in [7, 11) is 0. The zero-order valence-corrected chi connectivity index (χ0v) is 15.4. The molecule has 2 aromatic rings. The van der Waals surface area contributed by atoms with Gasteiger partial charge in [-0.15, -0.1) is 0 Å². The third-order valence-corrected chi connectivity index (χ3v) is 5.21. The SMILES string of the molecule is Cc1ccc(C(=O)O)cc1N1C(=O)C(=Cc2ccc(Cl)cc2)SC1=S. The molecule has 1 amide bonds. The molecule has 7 heteroatoms. The number of anilines is 1. The number of nitrogens with zero attached hydrogens (tertiary/aromatic N) is 1. The molecule has 0 aromatic heterocycles. The Morgan fingerprint density at radius 2 is 1.92 bits per heavy atom. The lowest BCUT2D eigenvalue weighted by molar-refractivity contribution is -0.113. The van der Waals surface area contributed by atoms with Crippen molar-refractivity contribution in [3.05, 3.63) is 69.1 Å². The van der Waals surface area contributed by atoms with E-state index in [1.807, 2.05) is 19.1 Å².